The molecule has 1 aromatic heterocycles. The first-order valence-electron chi connectivity index (χ1n) is 11.5. The van der Waals surface area contributed by atoms with Gasteiger partial charge in [0.25, 0.3) is 10.0 Å². The second-order valence-corrected chi connectivity index (χ2v) is 12.2. The summed E-state index contributed by atoms with van der Waals surface area (Å²) in [5, 5.41) is 1.80. The normalized spacial score (nSPS) is 24.8. The fraction of sp³-hybridized carbons (Fsp3) is 0.773. The average molecular weight is 454 g/mol. The fourth-order valence-corrected chi connectivity index (χ4v) is 8.01. The molecule has 3 aliphatic rings. The molecule has 2 saturated heterocycles. The monoisotopic (exact) mass is 453 g/mol. The van der Waals surface area contributed by atoms with Crippen LogP contribution in [0.1, 0.15) is 51.9 Å². The number of piperidine rings is 1. The second-order valence-electron chi connectivity index (χ2n) is 9.12. The van der Waals surface area contributed by atoms with Crippen molar-refractivity contribution in [2.45, 2.75) is 62.1 Å². The number of carbonyl (C=O) groups excluding carboxylic acids is 1. The lowest BCUT2D eigenvalue weighted by Gasteiger charge is -2.42. The highest BCUT2D eigenvalue weighted by Crippen LogP contribution is 2.31. The molecule has 1 atom stereocenters. The molecule has 0 N–H and O–H groups in total. The van der Waals surface area contributed by atoms with Gasteiger partial charge < -0.3 is 4.90 Å². The van der Waals surface area contributed by atoms with Gasteiger partial charge in [-0.2, -0.15) is 4.31 Å². The second kappa shape index (κ2) is 9.67. The number of hydrogen-bond donors (Lipinski definition) is 0. The van der Waals surface area contributed by atoms with Crippen LogP contribution in [0.4, 0.5) is 0 Å². The van der Waals surface area contributed by atoms with Gasteiger partial charge in [-0.3, -0.25) is 9.69 Å². The summed E-state index contributed by atoms with van der Waals surface area (Å²) in [6, 6.07) is 4.17. The van der Waals surface area contributed by atoms with Gasteiger partial charge in [0, 0.05) is 51.2 Å². The standard InChI is InChI=1S/C22H35N3O3S2/c1-18(19-9-11-25(12-10-19)30(27,28)21-8-5-17-29-21)22(26)24-15-13-23(14-16-24)20-6-3-2-4-7-20/h5,8,17-20H,2-4,6-7,9-16H2,1H3. The Balaban J connectivity index is 1.26. The first-order valence-corrected chi connectivity index (χ1v) is 13.9. The highest BCUT2D eigenvalue weighted by Gasteiger charge is 2.36. The lowest BCUT2D eigenvalue weighted by Crippen LogP contribution is -2.54. The van der Waals surface area contributed by atoms with Crippen LogP contribution in [0.15, 0.2) is 21.7 Å². The number of amides is 1. The first-order chi connectivity index (χ1) is 14.5. The molecule has 4 rings (SSSR count). The Hall–Kier alpha value is -0.960. The summed E-state index contributed by atoms with van der Waals surface area (Å²) < 4.78 is 27.5. The zero-order chi connectivity index (χ0) is 21.1. The number of piperazine rings is 1. The van der Waals surface area contributed by atoms with E-state index in [2.05, 4.69) is 9.80 Å². The smallest absolute Gasteiger partial charge is 0.252 e. The van der Waals surface area contributed by atoms with Crippen LogP contribution in [-0.4, -0.2) is 73.7 Å². The number of hydrogen-bond acceptors (Lipinski definition) is 5. The Bertz CT molecular complexity index is 790. The SMILES string of the molecule is CC(C(=O)N1CCN(C2CCCCC2)CC1)C1CCN(S(=O)(=O)c2cccs2)CC1. The van der Waals surface area contributed by atoms with E-state index in [-0.39, 0.29) is 17.7 Å². The molecular formula is C22H35N3O3S2. The minimum Gasteiger partial charge on any atom is -0.340 e. The number of sulfonamides is 1. The van der Waals surface area contributed by atoms with E-state index in [0.717, 1.165) is 45.1 Å². The van der Waals surface area contributed by atoms with E-state index < -0.39 is 10.0 Å². The van der Waals surface area contributed by atoms with E-state index in [0.29, 0.717) is 17.3 Å². The Morgan fingerprint density at radius 2 is 1.67 bits per heavy atom. The lowest BCUT2D eigenvalue weighted by atomic mass is 9.85. The molecule has 1 aliphatic carbocycles. The molecule has 0 aromatic carbocycles. The van der Waals surface area contributed by atoms with Crippen molar-refractivity contribution in [3.63, 3.8) is 0 Å². The Labute approximate surface area is 185 Å². The molecule has 3 fully saturated rings. The summed E-state index contributed by atoms with van der Waals surface area (Å²) in [4.78, 5) is 17.8. The quantitative estimate of drug-likeness (QED) is 0.687. The molecule has 2 aliphatic heterocycles. The predicted octanol–water partition coefficient (Wildman–Crippen LogP) is 3.26. The predicted molar refractivity (Wildman–Crippen MR) is 120 cm³/mol. The molecule has 1 amide bonds. The van der Waals surface area contributed by atoms with Gasteiger partial charge >= 0.3 is 0 Å². The van der Waals surface area contributed by atoms with Crippen LogP contribution in [0.2, 0.25) is 0 Å². The van der Waals surface area contributed by atoms with Gasteiger partial charge in [-0.25, -0.2) is 8.42 Å². The maximum absolute atomic E-state index is 13.1. The molecule has 0 spiro atoms. The maximum atomic E-state index is 13.1. The van der Waals surface area contributed by atoms with E-state index in [1.54, 1.807) is 21.8 Å². The molecule has 8 heteroatoms. The van der Waals surface area contributed by atoms with Gasteiger partial charge in [0.05, 0.1) is 0 Å². The molecule has 1 aromatic rings. The van der Waals surface area contributed by atoms with Crippen molar-refractivity contribution in [2.24, 2.45) is 11.8 Å². The van der Waals surface area contributed by atoms with E-state index in [4.69, 9.17) is 0 Å². The van der Waals surface area contributed by atoms with Crippen molar-refractivity contribution in [1.82, 2.24) is 14.1 Å². The zero-order valence-electron chi connectivity index (χ0n) is 18.0. The highest BCUT2D eigenvalue weighted by molar-refractivity contribution is 7.91. The molecule has 0 radical (unpaired) electrons. The third-order valence-corrected chi connectivity index (χ3v) is 10.7. The van der Waals surface area contributed by atoms with Crippen LogP contribution in [0.25, 0.3) is 0 Å². The third kappa shape index (κ3) is 4.76. The van der Waals surface area contributed by atoms with E-state index in [9.17, 15) is 13.2 Å². The number of nitrogens with zero attached hydrogens (tertiary/aromatic N) is 3. The van der Waals surface area contributed by atoms with Gasteiger partial charge in [-0.1, -0.05) is 32.3 Å². The molecule has 6 nitrogen and oxygen atoms in total. The summed E-state index contributed by atoms with van der Waals surface area (Å²) >= 11 is 1.27. The van der Waals surface area contributed by atoms with Gasteiger partial charge in [0.2, 0.25) is 5.91 Å². The topological polar surface area (TPSA) is 60.9 Å². The first kappa shape index (κ1) is 22.2. The summed E-state index contributed by atoms with van der Waals surface area (Å²) in [6.45, 7) is 6.75. The largest absolute Gasteiger partial charge is 0.340 e. The summed E-state index contributed by atoms with van der Waals surface area (Å²) in [6.07, 6.45) is 8.23. The van der Waals surface area contributed by atoms with Crippen LogP contribution < -0.4 is 0 Å². The number of carbonyl (C=O) groups is 1. The summed E-state index contributed by atoms with van der Waals surface area (Å²) in [7, 11) is -3.37. The third-order valence-electron chi connectivity index (χ3n) is 7.40. The molecule has 0 bridgehead atoms. The van der Waals surface area contributed by atoms with Gasteiger partial charge in [-0.05, 0) is 43.0 Å². The van der Waals surface area contributed by atoms with Crippen LogP contribution in [0, 0.1) is 11.8 Å². The van der Waals surface area contributed by atoms with Crippen molar-refractivity contribution >= 4 is 27.3 Å². The Morgan fingerprint density at radius 3 is 2.27 bits per heavy atom. The Kier molecular flexibility index (Phi) is 7.17. The highest BCUT2D eigenvalue weighted by atomic mass is 32.2. The number of thiophene rings is 1. The van der Waals surface area contributed by atoms with E-state index >= 15 is 0 Å². The lowest BCUT2D eigenvalue weighted by molar-refractivity contribution is -0.139. The van der Waals surface area contributed by atoms with Crippen molar-refractivity contribution < 1.29 is 13.2 Å². The molecule has 30 heavy (non-hydrogen) atoms. The van der Waals surface area contributed by atoms with E-state index in [1.807, 2.05) is 6.92 Å². The van der Waals surface area contributed by atoms with Crippen molar-refractivity contribution in [3.8, 4) is 0 Å². The minimum atomic E-state index is -3.37. The fourth-order valence-electron chi connectivity index (χ4n) is 5.40. The molecule has 1 saturated carbocycles. The molecule has 3 heterocycles. The molecule has 1 unspecified atom stereocenters. The Morgan fingerprint density at radius 1 is 1.00 bits per heavy atom. The van der Waals surface area contributed by atoms with Crippen LogP contribution >= 0.6 is 11.3 Å². The minimum absolute atomic E-state index is 0.0298. The van der Waals surface area contributed by atoms with Crippen LogP contribution in [-0.2, 0) is 14.8 Å². The van der Waals surface area contributed by atoms with Crippen molar-refractivity contribution in [3.05, 3.63) is 17.5 Å². The maximum Gasteiger partial charge on any atom is 0.252 e. The van der Waals surface area contributed by atoms with Crippen LogP contribution in [0.5, 0.6) is 0 Å². The van der Waals surface area contributed by atoms with E-state index in [1.165, 1.54) is 43.4 Å². The van der Waals surface area contributed by atoms with Gasteiger partial charge in [0.1, 0.15) is 4.21 Å². The molecule has 168 valence electrons. The van der Waals surface area contributed by atoms with Crippen molar-refractivity contribution in [1.29, 1.82) is 0 Å². The summed E-state index contributed by atoms with van der Waals surface area (Å²) in [5.41, 5.74) is 0. The van der Waals surface area contributed by atoms with Gasteiger partial charge in [0.15, 0.2) is 0 Å². The summed E-state index contributed by atoms with van der Waals surface area (Å²) in [5.74, 6) is 0.499. The van der Waals surface area contributed by atoms with Gasteiger partial charge in [-0.15, -0.1) is 11.3 Å². The average Bonchev–Trinajstić information content (AvgIpc) is 3.35. The zero-order valence-corrected chi connectivity index (χ0v) is 19.7. The number of rotatable bonds is 5. The van der Waals surface area contributed by atoms with Crippen molar-refractivity contribution in [2.75, 3.05) is 39.3 Å². The van der Waals surface area contributed by atoms with Crippen LogP contribution in [0.3, 0.4) is 0 Å². The molecular weight excluding hydrogens is 418 g/mol.